The number of hydrogen-bond acceptors (Lipinski definition) is 1. The molecule has 0 unspecified atom stereocenters. The first-order chi connectivity index (χ1) is 6.24. The SMILES string of the molecule is CC(C)CCN(CCCBr)C1CC1. The molecule has 1 aliphatic rings. The lowest BCUT2D eigenvalue weighted by Crippen LogP contribution is -2.29. The Labute approximate surface area is 91.0 Å². The Morgan fingerprint density at radius 2 is 2.00 bits per heavy atom. The van der Waals surface area contributed by atoms with Gasteiger partial charge in [-0.15, -0.1) is 0 Å². The number of halogens is 1. The summed E-state index contributed by atoms with van der Waals surface area (Å²) < 4.78 is 0. The summed E-state index contributed by atoms with van der Waals surface area (Å²) in [4.78, 5) is 2.68. The Morgan fingerprint density at radius 3 is 2.46 bits per heavy atom. The molecule has 1 fully saturated rings. The first-order valence-electron chi connectivity index (χ1n) is 5.54. The summed E-state index contributed by atoms with van der Waals surface area (Å²) in [5.74, 6) is 0.852. The van der Waals surface area contributed by atoms with E-state index < -0.39 is 0 Å². The van der Waals surface area contributed by atoms with Crippen molar-refractivity contribution in [2.24, 2.45) is 5.92 Å². The molecule has 1 saturated carbocycles. The maximum Gasteiger partial charge on any atom is 0.00964 e. The predicted molar refractivity (Wildman–Crippen MR) is 62.5 cm³/mol. The molecular formula is C11H22BrN. The molecule has 0 amide bonds. The second-order valence-corrected chi connectivity index (χ2v) is 5.29. The van der Waals surface area contributed by atoms with Crippen LogP contribution >= 0.6 is 15.9 Å². The summed E-state index contributed by atoms with van der Waals surface area (Å²) >= 11 is 3.50. The van der Waals surface area contributed by atoms with Gasteiger partial charge in [0.25, 0.3) is 0 Å². The maximum absolute atomic E-state index is 3.50. The lowest BCUT2D eigenvalue weighted by Gasteiger charge is -2.22. The van der Waals surface area contributed by atoms with Gasteiger partial charge in [-0.3, -0.25) is 0 Å². The number of hydrogen-bond donors (Lipinski definition) is 0. The van der Waals surface area contributed by atoms with Gasteiger partial charge in [-0.05, 0) is 44.7 Å². The molecule has 0 heterocycles. The number of rotatable bonds is 7. The maximum atomic E-state index is 3.50. The van der Waals surface area contributed by atoms with Crippen LogP contribution in [-0.2, 0) is 0 Å². The van der Waals surface area contributed by atoms with Gasteiger partial charge in [0.1, 0.15) is 0 Å². The molecule has 0 aliphatic heterocycles. The van der Waals surface area contributed by atoms with E-state index in [9.17, 15) is 0 Å². The van der Waals surface area contributed by atoms with Crippen molar-refractivity contribution in [3.63, 3.8) is 0 Å². The highest BCUT2D eigenvalue weighted by atomic mass is 79.9. The van der Waals surface area contributed by atoms with E-state index >= 15 is 0 Å². The fourth-order valence-corrected chi connectivity index (χ4v) is 1.85. The molecule has 0 aromatic heterocycles. The molecule has 1 rings (SSSR count). The lowest BCUT2D eigenvalue weighted by atomic mass is 10.1. The molecule has 0 bridgehead atoms. The van der Waals surface area contributed by atoms with Gasteiger partial charge >= 0.3 is 0 Å². The third kappa shape index (κ3) is 5.02. The first kappa shape index (κ1) is 11.5. The third-order valence-electron chi connectivity index (χ3n) is 2.64. The number of nitrogens with zero attached hydrogens (tertiary/aromatic N) is 1. The summed E-state index contributed by atoms with van der Waals surface area (Å²) in [6, 6.07) is 0.942. The van der Waals surface area contributed by atoms with Crippen molar-refractivity contribution in [3.05, 3.63) is 0 Å². The molecule has 0 radical (unpaired) electrons. The fourth-order valence-electron chi connectivity index (χ4n) is 1.60. The minimum Gasteiger partial charge on any atom is -0.300 e. The van der Waals surface area contributed by atoms with E-state index in [4.69, 9.17) is 0 Å². The minimum absolute atomic E-state index is 0.852. The molecular weight excluding hydrogens is 226 g/mol. The van der Waals surface area contributed by atoms with E-state index in [1.54, 1.807) is 0 Å². The van der Waals surface area contributed by atoms with Crippen LogP contribution in [0.2, 0.25) is 0 Å². The monoisotopic (exact) mass is 247 g/mol. The van der Waals surface area contributed by atoms with Crippen LogP contribution in [0.25, 0.3) is 0 Å². The smallest absolute Gasteiger partial charge is 0.00964 e. The van der Waals surface area contributed by atoms with Crippen LogP contribution in [0.3, 0.4) is 0 Å². The molecule has 0 spiro atoms. The summed E-state index contributed by atoms with van der Waals surface area (Å²) in [6.45, 7) is 7.24. The molecule has 0 saturated heterocycles. The lowest BCUT2D eigenvalue weighted by molar-refractivity contribution is 0.249. The van der Waals surface area contributed by atoms with Crippen molar-refractivity contribution >= 4 is 15.9 Å². The van der Waals surface area contributed by atoms with Crippen LogP contribution in [0.4, 0.5) is 0 Å². The van der Waals surface area contributed by atoms with E-state index in [0.29, 0.717) is 0 Å². The molecule has 78 valence electrons. The van der Waals surface area contributed by atoms with Gasteiger partial charge in [-0.25, -0.2) is 0 Å². The summed E-state index contributed by atoms with van der Waals surface area (Å²) in [5, 5.41) is 1.15. The average Bonchev–Trinajstić information content (AvgIpc) is 2.87. The molecule has 0 aromatic rings. The number of alkyl halides is 1. The van der Waals surface area contributed by atoms with Gasteiger partial charge in [0, 0.05) is 11.4 Å². The van der Waals surface area contributed by atoms with Gasteiger partial charge in [0.15, 0.2) is 0 Å². The predicted octanol–water partition coefficient (Wildman–Crippen LogP) is 3.28. The highest BCUT2D eigenvalue weighted by Gasteiger charge is 2.27. The van der Waals surface area contributed by atoms with Crippen LogP contribution in [0.5, 0.6) is 0 Å². The van der Waals surface area contributed by atoms with E-state index in [2.05, 4.69) is 34.7 Å². The Hall–Kier alpha value is 0.440. The van der Waals surface area contributed by atoms with Gasteiger partial charge in [0.05, 0.1) is 0 Å². The van der Waals surface area contributed by atoms with E-state index in [-0.39, 0.29) is 0 Å². The van der Waals surface area contributed by atoms with Crippen molar-refractivity contribution < 1.29 is 0 Å². The Balaban J connectivity index is 2.13. The van der Waals surface area contributed by atoms with Crippen molar-refractivity contribution in [1.82, 2.24) is 4.90 Å². The summed E-state index contributed by atoms with van der Waals surface area (Å²) in [6.07, 6.45) is 5.55. The largest absolute Gasteiger partial charge is 0.300 e. The van der Waals surface area contributed by atoms with E-state index in [1.807, 2.05) is 0 Å². The zero-order chi connectivity index (χ0) is 9.68. The summed E-state index contributed by atoms with van der Waals surface area (Å²) in [7, 11) is 0. The highest BCUT2D eigenvalue weighted by molar-refractivity contribution is 9.09. The quantitative estimate of drug-likeness (QED) is 0.625. The van der Waals surface area contributed by atoms with Crippen molar-refractivity contribution in [2.45, 2.75) is 45.6 Å². The van der Waals surface area contributed by atoms with Crippen molar-refractivity contribution in [1.29, 1.82) is 0 Å². The fraction of sp³-hybridized carbons (Fsp3) is 1.00. The van der Waals surface area contributed by atoms with Crippen LogP contribution in [0.15, 0.2) is 0 Å². The van der Waals surface area contributed by atoms with Crippen molar-refractivity contribution in [2.75, 3.05) is 18.4 Å². The average molecular weight is 248 g/mol. The van der Waals surface area contributed by atoms with Crippen LogP contribution in [0, 0.1) is 5.92 Å². The first-order valence-corrected chi connectivity index (χ1v) is 6.66. The van der Waals surface area contributed by atoms with Crippen molar-refractivity contribution in [3.8, 4) is 0 Å². The van der Waals surface area contributed by atoms with Gasteiger partial charge < -0.3 is 4.90 Å². The zero-order valence-electron chi connectivity index (χ0n) is 8.93. The standard InChI is InChI=1S/C11H22BrN/c1-10(2)6-9-13(8-3-7-12)11-4-5-11/h10-11H,3-9H2,1-2H3. The third-order valence-corrected chi connectivity index (χ3v) is 3.20. The molecule has 0 atom stereocenters. The van der Waals surface area contributed by atoms with Gasteiger partial charge in [-0.1, -0.05) is 29.8 Å². The Kier molecular flexibility index (Phi) is 5.34. The zero-order valence-corrected chi connectivity index (χ0v) is 10.5. The highest BCUT2D eigenvalue weighted by Crippen LogP contribution is 2.27. The normalized spacial score (nSPS) is 17.3. The molecule has 0 aromatic carbocycles. The molecule has 2 heteroatoms. The topological polar surface area (TPSA) is 3.24 Å². The second-order valence-electron chi connectivity index (χ2n) is 4.49. The molecule has 0 N–H and O–H groups in total. The molecule has 1 aliphatic carbocycles. The van der Waals surface area contributed by atoms with Gasteiger partial charge in [0.2, 0.25) is 0 Å². The van der Waals surface area contributed by atoms with Gasteiger partial charge in [-0.2, -0.15) is 0 Å². The van der Waals surface area contributed by atoms with Crippen LogP contribution in [-0.4, -0.2) is 29.4 Å². The van der Waals surface area contributed by atoms with Crippen LogP contribution < -0.4 is 0 Å². The Morgan fingerprint density at radius 1 is 1.31 bits per heavy atom. The molecule has 13 heavy (non-hydrogen) atoms. The molecule has 1 nitrogen and oxygen atoms in total. The van der Waals surface area contributed by atoms with E-state index in [1.165, 1.54) is 38.8 Å². The van der Waals surface area contributed by atoms with Crippen LogP contribution in [0.1, 0.15) is 39.5 Å². The Bertz CT molecular complexity index is 132. The second kappa shape index (κ2) is 6.02. The summed E-state index contributed by atoms with van der Waals surface area (Å²) in [5.41, 5.74) is 0. The van der Waals surface area contributed by atoms with E-state index in [0.717, 1.165) is 17.3 Å². The minimum atomic E-state index is 0.852.